The second kappa shape index (κ2) is 5.19. The molecule has 2 N–H and O–H groups in total. The molecule has 1 heterocycles. The van der Waals surface area contributed by atoms with E-state index in [0.717, 1.165) is 30.5 Å². The van der Waals surface area contributed by atoms with Crippen molar-refractivity contribution >= 4 is 0 Å². The highest BCUT2D eigenvalue weighted by molar-refractivity contribution is 5.38. The maximum Gasteiger partial charge on any atom is 0.119 e. The maximum absolute atomic E-state index is 9.55. The van der Waals surface area contributed by atoms with Crippen LogP contribution in [0, 0.1) is 11.8 Å². The van der Waals surface area contributed by atoms with Crippen molar-refractivity contribution in [1.29, 1.82) is 0 Å². The highest BCUT2D eigenvalue weighted by Crippen LogP contribution is 2.33. The van der Waals surface area contributed by atoms with Gasteiger partial charge in [0.1, 0.15) is 11.5 Å². The molecule has 0 bridgehead atoms. The number of aromatic hydroxyl groups is 2. The van der Waals surface area contributed by atoms with E-state index in [-0.39, 0.29) is 17.5 Å². The topological polar surface area (TPSA) is 43.7 Å². The summed E-state index contributed by atoms with van der Waals surface area (Å²) in [5.41, 5.74) is 0.983. The normalized spacial score (nSPS) is 22.6. The zero-order valence-electron chi connectivity index (χ0n) is 11.4. The molecule has 0 aliphatic carbocycles. The molecule has 18 heavy (non-hydrogen) atoms. The number of rotatable bonds is 3. The monoisotopic (exact) mass is 249 g/mol. The molecule has 1 aromatic carbocycles. The van der Waals surface area contributed by atoms with Crippen LogP contribution in [0.5, 0.6) is 11.5 Å². The minimum Gasteiger partial charge on any atom is -0.508 e. The Morgan fingerprint density at radius 1 is 1.11 bits per heavy atom. The van der Waals surface area contributed by atoms with Crippen LogP contribution >= 0.6 is 0 Å². The Balaban J connectivity index is 2.10. The van der Waals surface area contributed by atoms with Crippen LogP contribution < -0.4 is 0 Å². The van der Waals surface area contributed by atoms with Crippen LogP contribution in [0.15, 0.2) is 18.2 Å². The zero-order valence-corrected chi connectivity index (χ0v) is 11.4. The van der Waals surface area contributed by atoms with Gasteiger partial charge >= 0.3 is 0 Å². The molecule has 0 saturated carbocycles. The fourth-order valence-corrected chi connectivity index (χ4v) is 2.78. The minimum atomic E-state index is 0.136. The van der Waals surface area contributed by atoms with Crippen LogP contribution in [-0.2, 0) is 0 Å². The Kier molecular flexibility index (Phi) is 3.81. The molecule has 2 unspecified atom stereocenters. The average molecular weight is 249 g/mol. The van der Waals surface area contributed by atoms with Crippen molar-refractivity contribution in [3.8, 4) is 11.5 Å². The van der Waals surface area contributed by atoms with Gasteiger partial charge in [-0.25, -0.2) is 0 Å². The number of phenolic OH excluding ortho intramolecular Hbond substituents is 2. The summed E-state index contributed by atoms with van der Waals surface area (Å²) in [5.74, 6) is 1.76. The lowest BCUT2D eigenvalue weighted by Gasteiger charge is -2.25. The third kappa shape index (κ3) is 2.78. The number of hydrogen-bond acceptors (Lipinski definition) is 3. The summed E-state index contributed by atoms with van der Waals surface area (Å²) in [4.78, 5) is 2.43. The Bertz CT molecular complexity index is 397. The van der Waals surface area contributed by atoms with E-state index in [1.54, 1.807) is 12.1 Å². The summed E-state index contributed by atoms with van der Waals surface area (Å²) >= 11 is 0. The average Bonchev–Trinajstić information content (AvgIpc) is 2.75. The summed E-state index contributed by atoms with van der Waals surface area (Å²) in [6.45, 7) is 8.89. The van der Waals surface area contributed by atoms with Crippen molar-refractivity contribution in [3.63, 3.8) is 0 Å². The molecule has 1 aromatic rings. The lowest BCUT2D eigenvalue weighted by Crippen LogP contribution is -2.25. The first-order valence-electron chi connectivity index (χ1n) is 6.74. The fourth-order valence-electron chi connectivity index (χ4n) is 2.78. The number of likely N-dealkylation sites (tertiary alicyclic amines) is 1. The van der Waals surface area contributed by atoms with E-state index in [1.165, 1.54) is 12.5 Å². The Morgan fingerprint density at radius 2 is 1.72 bits per heavy atom. The molecule has 0 amide bonds. The van der Waals surface area contributed by atoms with Crippen molar-refractivity contribution < 1.29 is 10.2 Å². The van der Waals surface area contributed by atoms with E-state index in [4.69, 9.17) is 0 Å². The molecule has 3 nitrogen and oxygen atoms in total. The zero-order chi connectivity index (χ0) is 13.3. The van der Waals surface area contributed by atoms with E-state index in [1.807, 2.05) is 0 Å². The van der Waals surface area contributed by atoms with Gasteiger partial charge in [0.15, 0.2) is 0 Å². The fraction of sp³-hybridized carbons (Fsp3) is 0.600. The summed E-state index contributed by atoms with van der Waals surface area (Å²) in [6, 6.07) is 5.10. The molecule has 100 valence electrons. The molecule has 0 aromatic heterocycles. The number of phenols is 2. The first kappa shape index (κ1) is 13.2. The Labute approximate surface area is 109 Å². The molecule has 0 radical (unpaired) electrons. The smallest absolute Gasteiger partial charge is 0.119 e. The molecule has 1 aliphatic heterocycles. The first-order chi connectivity index (χ1) is 8.47. The van der Waals surface area contributed by atoms with Gasteiger partial charge in [-0.1, -0.05) is 13.8 Å². The van der Waals surface area contributed by atoms with Gasteiger partial charge in [0, 0.05) is 18.7 Å². The van der Waals surface area contributed by atoms with Gasteiger partial charge in [-0.2, -0.15) is 0 Å². The van der Waals surface area contributed by atoms with Crippen molar-refractivity contribution in [2.45, 2.75) is 33.2 Å². The Morgan fingerprint density at radius 3 is 2.22 bits per heavy atom. The molecule has 1 fully saturated rings. The predicted octanol–water partition coefficient (Wildman–Crippen LogP) is 3.14. The largest absolute Gasteiger partial charge is 0.508 e. The van der Waals surface area contributed by atoms with Crippen LogP contribution in [0.3, 0.4) is 0 Å². The van der Waals surface area contributed by atoms with Gasteiger partial charge in [-0.15, -0.1) is 0 Å². The van der Waals surface area contributed by atoms with Gasteiger partial charge in [-0.05, 0) is 49.4 Å². The molecular weight excluding hydrogens is 226 g/mol. The third-order valence-electron chi connectivity index (χ3n) is 4.15. The Hall–Kier alpha value is -1.22. The lowest BCUT2D eigenvalue weighted by molar-refractivity contribution is 0.241. The minimum absolute atomic E-state index is 0.136. The van der Waals surface area contributed by atoms with E-state index < -0.39 is 0 Å². The van der Waals surface area contributed by atoms with Crippen LogP contribution in [-0.4, -0.2) is 28.2 Å². The standard InChI is InChI=1S/C15H23NO2/c1-10(2)12-4-5-16(9-12)11(3)13-6-14(17)8-15(18)7-13/h6-8,10-12,17-18H,4-5,9H2,1-3H3. The number of nitrogens with zero attached hydrogens (tertiary/aromatic N) is 1. The molecule has 1 aliphatic rings. The quantitative estimate of drug-likeness (QED) is 0.865. The molecule has 2 rings (SSSR count). The van der Waals surface area contributed by atoms with Gasteiger partial charge < -0.3 is 10.2 Å². The summed E-state index contributed by atoms with van der Waals surface area (Å²) in [7, 11) is 0. The number of benzene rings is 1. The SMILES string of the molecule is CC(C)C1CCN(C(C)c2cc(O)cc(O)c2)C1. The molecule has 1 saturated heterocycles. The highest BCUT2D eigenvalue weighted by Gasteiger charge is 2.28. The van der Waals surface area contributed by atoms with Gasteiger partial charge in [0.2, 0.25) is 0 Å². The van der Waals surface area contributed by atoms with E-state index in [0.29, 0.717) is 0 Å². The van der Waals surface area contributed by atoms with Gasteiger partial charge in [0.25, 0.3) is 0 Å². The molecular formula is C15H23NO2. The van der Waals surface area contributed by atoms with Crippen LogP contribution in [0.25, 0.3) is 0 Å². The van der Waals surface area contributed by atoms with E-state index in [2.05, 4.69) is 25.7 Å². The van der Waals surface area contributed by atoms with Gasteiger partial charge in [-0.3, -0.25) is 4.90 Å². The highest BCUT2D eigenvalue weighted by atomic mass is 16.3. The summed E-state index contributed by atoms with van der Waals surface area (Å²) < 4.78 is 0. The first-order valence-corrected chi connectivity index (χ1v) is 6.74. The lowest BCUT2D eigenvalue weighted by atomic mass is 9.95. The van der Waals surface area contributed by atoms with E-state index >= 15 is 0 Å². The third-order valence-corrected chi connectivity index (χ3v) is 4.15. The van der Waals surface area contributed by atoms with Crippen LogP contribution in [0.4, 0.5) is 0 Å². The molecule has 0 spiro atoms. The van der Waals surface area contributed by atoms with Crippen molar-refractivity contribution in [2.24, 2.45) is 11.8 Å². The second-order valence-corrected chi connectivity index (χ2v) is 5.75. The second-order valence-electron chi connectivity index (χ2n) is 5.75. The summed E-state index contributed by atoms with van der Waals surface area (Å²) in [6.07, 6.45) is 1.24. The predicted molar refractivity (Wildman–Crippen MR) is 72.7 cm³/mol. The summed E-state index contributed by atoms with van der Waals surface area (Å²) in [5, 5.41) is 19.1. The van der Waals surface area contributed by atoms with Crippen molar-refractivity contribution in [3.05, 3.63) is 23.8 Å². The van der Waals surface area contributed by atoms with Crippen LogP contribution in [0.1, 0.15) is 38.8 Å². The maximum atomic E-state index is 9.55. The van der Waals surface area contributed by atoms with Gasteiger partial charge in [0.05, 0.1) is 0 Å². The molecule has 2 atom stereocenters. The molecule has 3 heteroatoms. The van der Waals surface area contributed by atoms with Crippen molar-refractivity contribution in [1.82, 2.24) is 4.90 Å². The van der Waals surface area contributed by atoms with E-state index in [9.17, 15) is 10.2 Å². The van der Waals surface area contributed by atoms with Crippen LogP contribution in [0.2, 0.25) is 0 Å². The number of hydrogen-bond donors (Lipinski definition) is 2. The van der Waals surface area contributed by atoms with Crippen molar-refractivity contribution in [2.75, 3.05) is 13.1 Å².